The Hall–Kier alpha value is -0.570. The minimum absolute atomic E-state index is 0.0709. The van der Waals surface area contributed by atoms with Gasteiger partial charge in [0.2, 0.25) is 5.91 Å². The fourth-order valence-electron chi connectivity index (χ4n) is 2.55. The predicted octanol–water partition coefficient (Wildman–Crippen LogP) is 1.29. The van der Waals surface area contributed by atoms with Crippen molar-refractivity contribution in [1.82, 2.24) is 10.6 Å². The van der Waals surface area contributed by atoms with Crippen LogP contribution >= 0.6 is 0 Å². The third kappa shape index (κ3) is 2.17. The maximum absolute atomic E-state index is 12.0. The highest BCUT2D eigenvalue weighted by Gasteiger charge is 2.43. The molecule has 0 saturated heterocycles. The van der Waals surface area contributed by atoms with Gasteiger partial charge in [-0.3, -0.25) is 4.79 Å². The zero-order chi connectivity index (χ0) is 10.7. The summed E-state index contributed by atoms with van der Waals surface area (Å²) >= 11 is 0. The Kier molecular flexibility index (Phi) is 3.29. The number of carbonyl (C=O) groups excluding carboxylic acids is 1. The molecule has 2 saturated carbocycles. The quantitative estimate of drug-likeness (QED) is 0.718. The van der Waals surface area contributed by atoms with Gasteiger partial charge in [-0.25, -0.2) is 0 Å². The van der Waals surface area contributed by atoms with E-state index in [-0.39, 0.29) is 11.3 Å². The van der Waals surface area contributed by atoms with Gasteiger partial charge in [0.15, 0.2) is 0 Å². The molecule has 2 aliphatic rings. The molecule has 3 nitrogen and oxygen atoms in total. The second-order valence-electron chi connectivity index (χ2n) is 5.17. The fourth-order valence-corrected chi connectivity index (χ4v) is 2.55. The van der Waals surface area contributed by atoms with E-state index in [4.69, 9.17) is 0 Å². The Bertz CT molecular complexity index is 232. The maximum Gasteiger partial charge on any atom is 0.227 e. The van der Waals surface area contributed by atoms with Gasteiger partial charge in [-0.05, 0) is 38.6 Å². The third-order valence-corrected chi connectivity index (χ3v) is 4.08. The number of hydrogen-bond donors (Lipinski definition) is 2. The Balaban J connectivity index is 1.77. The molecular formula is C12H22N2O. The molecule has 15 heavy (non-hydrogen) atoms. The van der Waals surface area contributed by atoms with Gasteiger partial charge in [-0.2, -0.15) is 0 Å². The van der Waals surface area contributed by atoms with E-state index >= 15 is 0 Å². The van der Waals surface area contributed by atoms with Crippen LogP contribution in [0.25, 0.3) is 0 Å². The highest BCUT2D eigenvalue weighted by molar-refractivity contribution is 5.83. The summed E-state index contributed by atoms with van der Waals surface area (Å²) in [6, 6.07) is 0. The lowest BCUT2D eigenvalue weighted by Crippen LogP contribution is -2.52. The topological polar surface area (TPSA) is 41.1 Å². The number of nitrogens with one attached hydrogen (secondary N) is 2. The number of carbonyl (C=O) groups is 1. The van der Waals surface area contributed by atoms with Crippen molar-refractivity contribution in [3.05, 3.63) is 0 Å². The van der Waals surface area contributed by atoms with Crippen LogP contribution in [0.1, 0.15) is 38.5 Å². The Labute approximate surface area is 92.0 Å². The second kappa shape index (κ2) is 4.52. The van der Waals surface area contributed by atoms with Crippen LogP contribution in [0.3, 0.4) is 0 Å². The summed E-state index contributed by atoms with van der Waals surface area (Å²) in [7, 11) is 1.93. The Morgan fingerprint density at radius 3 is 2.47 bits per heavy atom. The van der Waals surface area contributed by atoms with Gasteiger partial charge in [-0.15, -0.1) is 0 Å². The lowest BCUT2D eigenvalue weighted by Gasteiger charge is -2.40. The molecule has 0 radical (unpaired) electrons. The van der Waals surface area contributed by atoms with Crippen molar-refractivity contribution in [1.29, 1.82) is 0 Å². The minimum atomic E-state index is -0.0709. The minimum Gasteiger partial charge on any atom is -0.355 e. The first-order chi connectivity index (χ1) is 7.27. The number of hydrogen-bond acceptors (Lipinski definition) is 2. The standard InChI is InChI=1S/C12H22N2O/c1-13-9-12(6-3-7-12)11(15)14-8-10-4-2-5-10/h10,13H,2-9H2,1H3,(H,14,15). The SMILES string of the molecule is CNCC1(C(=O)NCC2CCC2)CCC1. The van der Waals surface area contributed by atoms with Gasteiger partial charge in [-0.1, -0.05) is 12.8 Å². The monoisotopic (exact) mass is 210 g/mol. The van der Waals surface area contributed by atoms with Gasteiger partial charge in [0.25, 0.3) is 0 Å². The lowest BCUT2D eigenvalue weighted by atomic mass is 9.68. The van der Waals surface area contributed by atoms with Crippen LogP contribution in [0, 0.1) is 11.3 Å². The molecule has 86 valence electrons. The van der Waals surface area contributed by atoms with Crippen LogP contribution in [-0.2, 0) is 4.79 Å². The highest BCUT2D eigenvalue weighted by atomic mass is 16.2. The third-order valence-electron chi connectivity index (χ3n) is 4.08. The first kappa shape index (κ1) is 10.9. The molecule has 0 heterocycles. The molecule has 2 N–H and O–H groups in total. The predicted molar refractivity (Wildman–Crippen MR) is 60.6 cm³/mol. The summed E-state index contributed by atoms with van der Waals surface area (Å²) in [5, 5.41) is 6.28. The molecule has 2 fully saturated rings. The molecule has 1 amide bonds. The van der Waals surface area contributed by atoms with Crippen molar-refractivity contribution in [2.45, 2.75) is 38.5 Å². The fraction of sp³-hybridized carbons (Fsp3) is 0.917. The summed E-state index contributed by atoms with van der Waals surface area (Å²) in [4.78, 5) is 12.0. The molecule has 0 atom stereocenters. The molecule has 0 aromatic carbocycles. The van der Waals surface area contributed by atoms with Crippen LogP contribution < -0.4 is 10.6 Å². The van der Waals surface area contributed by atoms with E-state index in [0.29, 0.717) is 0 Å². The summed E-state index contributed by atoms with van der Waals surface area (Å²) < 4.78 is 0. The highest BCUT2D eigenvalue weighted by Crippen LogP contribution is 2.40. The van der Waals surface area contributed by atoms with Crippen molar-refractivity contribution in [2.75, 3.05) is 20.1 Å². The normalized spacial score (nSPS) is 24.1. The van der Waals surface area contributed by atoms with Gasteiger partial charge < -0.3 is 10.6 Å². The first-order valence-electron chi connectivity index (χ1n) is 6.20. The van der Waals surface area contributed by atoms with E-state index in [0.717, 1.165) is 31.8 Å². The average molecular weight is 210 g/mol. The second-order valence-corrected chi connectivity index (χ2v) is 5.17. The molecule has 0 unspecified atom stereocenters. The average Bonchev–Trinajstić information content (AvgIpc) is 2.08. The first-order valence-corrected chi connectivity index (χ1v) is 6.20. The van der Waals surface area contributed by atoms with Crippen molar-refractivity contribution in [2.24, 2.45) is 11.3 Å². The summed E-state index contributed by atoms with van der Waals surface area (Å²) in [6.07, 6.45) is 7.29. The summed E-state index contributed by atoms with van der Waals surface area (Å²) in [5.41, 5.74) is -0.0709. The lowest BCUT2D eigenvalue weighted by molar-refractivity contribution is -0.135. The van der Waals surface area contributed by atoms with Crippen molar-refractivity contribution >= 4 is 5.91 Å². The van der Waals surface area contributed by atoms with Gasteiger partial charge in [0.05, 0.1) is 5.41 Å². The van der Waals surface area contributed by atoms with Gasteiger partial charge in [0.1, 0.15) is 0 Å². The van der Waals surface area contributed by atoms with E-state index in [2.05, 4.69) is 10.6 Å². The molecule has 0 spiro atoms. The zero-order valence-electron chi connectivity index (χ0n) is 9.64. The largest absolute Gasteiger partial charge is 0.355 e. The van der Waals surface area contributed by atoms with Crippen LogP contribution in [-0.4, -0.2) is 26.0 Å². The zero-order valence-corrected chi connectivity index (χ0v) is 9.64. The molecule has 0 aromatic rings. The van der Waals surface area contributed by atoms with Crippen LogP contribution in [0.4, 0.5) is 0 Å². The number of rotatable bonds is 5. The maximum atomic E-state index is 12.0. The Morgan fingerprint density at radius 2 is 2.07 bits per heavy atom. The van der Waals surface area contributed by atoms with E-state index in [1.54, 1.807) is 0 Å². The Morgan fingerprint density at radius 1 is 1.33 bits per heavy atom. The molecular weight excluding hydrogens is 188 g/mol. The van der Waals surface area contributed by atoms with Crippen molar-refractivity contribution in [3.8, 4) is 0 Å². The van der Waals surface area contributed by atoms with E-state index < -0.39 is 0 Å². The van der Waals surface area contributed by atoms with Crippen molar-refractivity contribution < 1.29 is 4.79 Å². The van der Waals surface area contributed by atoms with Crippen molar-refractivity contribution in [3.63, 3.8) is 0 Å². The van der Waals surface area contributed by atoms with E-state index in [1.807, 2.05) is 7.05 Å². The van der Waals surface area contributed by atoms with Gasteiger partial charge in [0, 0.05) is 13.1 Å². The van der Waals surface area contributed by atoms with Crippen LogP contribution in [0.15, 0.2) is 0 Å². The van der Waals surface area contributed by atoms with Gasteiger partial charge >= 0.3 is 0 Å². The number of amides is 1. The van der Waals surface area contributed by atoms with Crippen LogP contribution in [0.2, 0.25) is 0 Å². The summed E-state index contributed by atoms with van der Waals surface area (Å²) in [6.45, 7) is 1.74. The van der Waals surface area contributed by atoms with Crippen LogP contribution in [0.5, 0.6) is 0 Å². The molecule has 2 rings (SSSR count). The molecule has 0 bridgehead atoms. The molecule has 0 aliphatic heterocycles. The molecule has 3 heteroatoms. The van der Waals surface area contributed by atoms with E-state index in [1.165, 1.54) is 25.7 Å². The molecule has 0 aromatic heterocycles. The smallest absolute Gasteiger partial charge is 0.227 e. The molecule has 2 aliphatic carbocycles. The van der Waals surface area contributed by atoms with E-state index in [9.17, 15) is 4.79 Å². The summed E-state index contributed by atoms with van der Waals surface area (Å²) in [5.74, 6) is 1.05.